The Labute approximate surface area is 207 Å². The quantitative estimate of drug-likeness (QED) is 0.322. The number of carbonyl (C=O) groups excluding carboxylic acids is 2. The molecule has 3 rings (SSSR count). The first-order valence-electron chi connectivity index (χ1n) is 12.1. The number of hydrogen-bond acceptors (Lipinski definition) is 4. The first-order chi connectivity index (χ1) is 17.1. The summed E-state index contributed by atoms with van der Waals surface area (Å²) in [5, 5.41) is 5.75. The zero-order valence-corrected chi connectivity index (χ0v) is 20.0. The fourth-order valence-corrected chi connectivity index (χ4v) is 3.87. The van der Waals surface area contributed by atoms with Crippen molar-refractivity contribution in [2.24, 2.45) is 11.5 Å². The maximum absolute atomic E-state index is 13.5. The number of urea groups is 1. The molecule has 0 aliphatic carbocycles. The van der Waals surface area contributed by atoms with Gasteiger partial charge in [-0.1, -0.05) is 72.8 Å². The summed E-state index contributed by atoms with van der Waals surface area (Å²) in [6, 6.07) is 26.2. The van der Waals surface area contributed by atoms with E-state index in [2.05, 4.69) is 10.6 Å². The highest BCUT2D eigenvalue weighted by atomic mass is 16.2. The molecule has 3 aromatic rings. The molecule has 1 atom stereocenters. The number of nitrogens with one attached hydrogen (secondary N) is 2. The lowest BCUT2D eigenvalue weighted by Crippen LogP contribution is -2.51. The Bertz CT molecular complexity index is 1030. The molecule has 35 heavy (non-hydrogen) atoms. The summed E-state index contributed by atoms with van der Waals surface area (Å²) in [6.45, 7) is 2.04. The van der Waals surface area contributed by atoms with Crippen molar-refractivity contribution in [2.45, 2.75) is 25.3 Å². The molecule has 0 unspecified atom stereocenters. The van der Waals surface area contributed by atoms with Gasteiger partial charge in [0.2, 0.25) is 5.91 Å². The Kier molecular flexibility index (Phi) is 10.3. The monoisotopic (exact) mass is 473 g/mol. The summed E-state index contributed by atoms with van der Waals surface area (Å²) in [7, 11) is 0. The summed E-state index contributed by atoms with van der Waals surface area (Å²) < 4.78 is 0. The molecule has 7 heteroatoms. The molecule has 0 bridgehead atoms. The fourth-order valence-electron chi connectivity index (χ4n) is 3.87. The van der Waals surface area contributed by atoms with Crippen LogP contribution in [0.25, 0.3) is 11.1 Å². The van der Waals surface area contributed by atoms with E-state index < -0.39 is 12.1 Å². The van der Waals surface area contributed by atoms with E-state index in [-0.39, 0.29) is 5.91 Å². The molecule has 0 aliphatic heterocycles. The third-order valence-electron chi connectivity index (χ3n) is 5.71. The number of amides is 3. The van der Waals surface area contributed by atoms with Crippen LogP contribution < -0.4 is 22.1 Å². The van der Waals surface area contributed by atoms with Gasteiger partial charge in [-0.05, 0) is 54.8 Å². The van der Waals surface area contributed by atoms with Crippen LogP contribution in [-0.2, 0) is 11.2 Å². The van der Waals surface area contributed by atoms with Crippen molar-refractivity contribution in [3.8, 4) is 11.1 Å². The van der Waals surface area contributed by atoms with E-state index in [9.17, 15) is 9.59 Å². The highest BCUT2D eigenvalue weighted by molar-refractivity contribution is 5.94. The Morgan fingerprint density at radius 3 is 1.86 bits per heavy atom. The zero-order valence-electron chi connectivity index (χ0n) is 20.0. The van der Waals surface area contributed by atoms with Gasteiger partial charge in [0.15, 0.2) is 0 Å². The van der Waals surface area contributed by atoms with Crippen LogP contribution in [0.3, 0.4) is 0 Å². The van der Waals surface area contributed by atoms with E-state index in [0.29, 0.717) is 51.1 Å². The van der Waals surface area contributed by atoms with Crippen LogP contribution >= 0.6 is 0 Å². The van der Waals surface area contributed by atoms with Crippen molar-refractivity contribution in [1.29, 1.82) is 0 Å². The first kappa shape index (κ1) is 25.9. The molecule has 6 N–H and O–H groups in total. The van der Waals surface area contributed by atoms with Crippen molar-refractivity contribution in [2.75, 3.05) is 31.5 Å². The largest absolute Gasteiger partial charge is 0.341 e. The molecule has 0 fully saturated rings. The van der Waals surface area contributed by atoms with Gasteiger partial charge in [-0.15, -0.1) is 0 Å². The van der Waals surface area contributed by atoms with Crippen molar-refractivity contribution in [1.82, 2.24) is 10.2 Å². The average Bonchev–Trinajstić information content (AvgIpc) is 2.89. The molecule has 0 spiro atoms. The molecule has 0 saturated carbocycles. The average molecular weight is 474 g/mol. The summed E-state index contributed by atoms with van der Waals surface area (Å²) in [4.78, 5) is 28.1. The maximum Gasteiger partial charge on any atom is 0.319 e. The van der Waals surface area contributed by atoms with Crippen LogP contribution in [0.1, 0.15) is 18.4 Å². The number of hydrogen-bond donors (Lipinski definition) is 4. The molecule has 3 amide bonds. The molecule has 0 radical (unpaired) electrons. The van der Waals surface area contributed by atoms with Crippen LogP contribution in [0.2, 0.25) is 0 Å². The zero-order chi connectivity index (χ0) is 24.9. The lowest BCUT2D eigenvalue weighted by Gasteiger charge is -2.28. The van der Waals surface area contributed by atoms with Gasteiger partial charge in [-0.3, -0.25) is 4.79 Å². The minimum atomic E-state index is -0.712. The number of benzene rings is 3. The summed E-state index contributed by atoms with van der Waals surface area (Å²) in [6.07, 6.45) is 1.77. The van der Waals surface area contributed by atoms with Crippen LogP contribution in [0, 0.1) is 0 Å². The Hall–Kier alpha value is -3.68. The minimum absolute atomic E-state index is 0.134. The molecule has 0 aromatic heterocycles. The van der Waals surface area contributed by atoms with Gasteiger partial charge >= 0.3 is 6.03 Å². The van der Waals surface area contributed by atoms with Gasteiger partial charge in [0.1, 0.15) is 6.04 Å². The van der Waals surface area contributed by atoms with Crippen LogP contribution in [-0.4, -0.2) is 49.1 Å². The smallest absolute Gasteiger partial charge is 0.319 e. The second-order valence-electron chi connectivity index (χ2n) is 8.39. The Morgan fingerprint density at radius 1 is 0.743 bits per heavy atom. The van der Waals surface area contributed by atoms with Gasteiger partial charge in [0.05, 0.1) is 0 Å². The Morgan fingerprint density at radius 2 is 1.29 bits per heavy atom. The SMILES string of the molecule is NCCCN(CCCN)C(=O)[C@H](Cc1ccccc1)NC(=O)Nc1ccc(-c2ccccc2)cc1. The van der Waals surface area contributed by atoms with Crippen molar-refractivity contribution in [3.05, 3.63) is 90.5 Å². The van der Waals surface area contributed by atoms with Crippen molar-refractivity contribution >= 4 is 17.6 Å². The second-order valence-corrected chi connectivity index (χ2v) is 8.39. The lowest BCUT2D eigenvalue weighted by atomic mass is 10.0. The standard InChI is InChI=1S/C28H35N5O2/c29-17-7-19-33(20-8-18-30)27(34)26(21-22-9-3-1-4-10-22)32-28(35)31-25-15-13-24(14-16-25)23-11-5-2-6-12-23/h1-6,9-16,26H,7-8,17-21,29-30H2,(H2,31,32,35)/t26-/m0/s1. The number of nitrogens with zero attached hydrogens (tertiary/aromatic N) is 1. The van der Waals surface area contributed by atoms with E-state index in [1.165, 1.54) is 0 Å². The number of anilines is 1. The molecule has 0 aliphatic rings. The first-order valence-corrected chi connectivity index (χ1v) is 12.1. The Balaban J connectivity index is 1.70. The number of carbonyl (C=O) groups is 2. The molecule has 3 aromatic carbocycles. The second kappa shape index (κ2) is 13.9. The van der Waals surface area contributed by atoms with Crippen LogP contribution in [0.5, 0.6) is 0 Å². The maximum atomic E-state index is 13.5. The van der Waals surface area contributed by atoms with E-state index in [4.69, 9.17) is 11.5 Å². The molecular formula is C28H35N5O2. The minimum Gasteiger partial charge on any atom is -0.341 e. The molecule has 0 heterocycles. The topological polar surface area (TPSA) is 113 Å². The van der Waals surface area contributed by atoms with E-state index >= 15 is 0 Å². The van der Waals surface area contributed by atoms with Gasteiger partial charge in [0, 0.05) is 25.2 Å². The molecule has 7 nitrogen and oxygen atoms in total. The number of rotatable bonds is 12. The molecule has 184 valence electrons. The summed E-state index contributed by atoms with van der Waals surface area (Å²) in [5.74, 6) is -0.134. The third-order valence-corrected chi connectivity index (χ3v) is 5.71. The van der Waals surface area contributed by atoms with Gasteiger partial charge in [0.25, 0.3) is 0 Å². The molecular weight excluding hydrogens is 438 g/mol. The molecule has 0 saturated heterocycles. The normalized spacial score (nSPS) is 11.5. The number of nitrogens with two attached hydrogens (primary N) is 2. The fraction of sp³-hybridized carbons (Fsp3) is 0.286. The van der Waals surface area contributed by atoms with Gasteiger partial charge < -0.3 is 27.0 Å². The van der Waals surface area contributed by atoms with Gasteiger partial charge in [-0.2, -0.15) is 0 Å². The van der Waals surface area contributed by atoms with Crippen LogP contribution in [0.15, 0.2) is 84.9 Å². The highest BCUT2D eigenvalue weighted by Crippen LogP contribution is 2.21. The van der Waals surface area contributed by atoms with E-state index in [1.54, 1.807) is 4.90 Å². The van der Waals surface area contributed by atoms with Crippen molar-refractivity contribution < 1.29 is 9.59 Å². The summed E-state index contributed by atoms with van der Waals surface area (Å²) in [5.41, 5.74) is 15.1. The van der Waals surface area contributed by atoms with Gasteiger partial charge in [-0.25, -0.2) is 4.79 Å². The predicted octanol–water partition coefficient (Wildman–Crippen LogP) is 3.61. The van der Waals surface area contributed by atoms with E-state index in [0.717, 1.165) is 16.7 Å². The van der Waals surface area contributed by atoms with Crippen molar-refractivity contribution in [3.63, 3.8) is 0 Å². The van der Waals surface area contributed by atoms with E-state index in [1.807, 2.05) is 84.9 Å². The highest BCUT2D eigenvalue weighted by Gasteiger charge is 2.26. The summed E-state index contributed by atoms with van der Waals surface area (Å²) >= 11 is 0. The third kappa shape index (κ3) is 8.24. The predicted molar refractivity (Wildman–Crippen MR) is 142 cm³/mol. The lowest BCUT2D eigenvalue weighted by molar-refractivity contribution is -0.133. The van der Waals surface area contributed by atoms with Crippen LogP contribution in [0.4, 0.5) is 10.5 Å².